The first-order valence-corrected chi connectivity index (χ1v) is 7.02. The molecule has 0 saturated carbocycles. The smallest absolute Gasteiger partial charge is 0.256 e. The number of hydrogen-bond acceptors (Lipinski definition) is 4. The number of para-hydroxylation sites is 2. The molecule has 0 fully saturated rings. The number of halogens is 1. The number of benzene rings is 1. The first-order chi connectivity index (χ1) is 9.20. The van der Waals surface area contributed by atoms with Crippen molar-refractivity contribution >= 4 is 38.9 Å². The molecular formula is C13H9BrN2O2S. The molecule has 1 amide bonds. The van der Waals surface area contributed by atoms with E-state index in [1.807, 2.05) is 6.07 Å². The normalized spacial score (nSPS) is 9.68. The Balaban J connectivity index is 2.14. The van der Waals surface area contributed by atoms with Crippen LogP contribution in [0.25, 0.3) is 0 Å². The molecule has 0 aliphatic carbocycles. The highest BCUT2D eigenvalue weighted by molar-refractivity contribution is 9.11. The van der Waals surface area contributed by atoms with Gasteiger partial charge in [0, 0.05) is 5.38 Å². The third kappa shape index (κ3) is 3.56. The summed E-state index contributed by atoms with van der Waals surface area (Å²) in [6, 6.07) is 10.6. The maximum Gasteiger partial charge on any atom is 0.256 e. The van der Waals surface area contributed by atoms with Gasteiger partial charge in [-0.3, -0.25) is 4.79 Å². The molecular weight excluding hydrogens is 328 g/mol. The molecule has 1 aromatic carbocycles. The third-order valence-corrected chi connectivity index (χ3v) is 3.76. The third-order valence-electron chi connectivity index (χ3n) is 2.26. The van der Waals surface area contributed by atoms with Crippen LogP contribution in [0.15, 0.2) is 39.5 Å². The molecule has 1 aromatic heterocycles. The number of nitrogens with one attached hydrogen (secondary N) is 1. The zero-order chi connectivity index (χ0) is 13.7. The highest BCUT2D eigenvalue weighted by atomic mass is 79.9. The van der Waals surface area contributed by atoms with Crippen molar-refractivity contribution in [1.29, 1.82) is 5.26 Å². The Bertz CT molecular complexity index is 634. The largest absolute Gasteiger partial charge is 0.477 e. The van der Waals surface area contributed by atoms with E-state index in [2.05, 4.69) is 21.2 Å². The molecule has 4 nitrogen and oxygen atoms in total. The van der Waals surface area contributed by atoms with Gasteiger partial charge in [-0.25, -0.2) is 0 Å². The highest BCUT2D eigenvalue weighted by Gasteiger charge is 2.11. The number of thiophene rings is 1. The standard InChI is InChI=1S/C13H9BrN2O2S/c14-12-7-9(8-19-12)13(17)16-10-3-1-2-4-11(10)18-6-5-15/h1-4,7-8H,6H2,(H,16,17). The molecule has 6 heteroatoms. The topological polar surface area (TPSA) is 62.1 Å². The average Bonchev–Trinajstić information content (AvgIpc) is 2.84. The predicted molar refractivity (Wildman–Crippen MR) is 77.5 cm³/mol. The lowest BCUT2D eigenvalue weighted by Gasteiger charge is -2.09. The summed E-state index contributed by atoms with van der Waals surface area (Å²) in [6.07, 6.45) is 0. The van der Waals surface area contributed by atoms with Gasteiger partial charge >= 0.3 is 0 Å². The Hall–Kier alpha value is -1.84. The Kier molecular flexibility index (Phi) is 4.55. The molecule has 0 bridgehead atoms. The summed E-state index contributed by atoms with van der Waals surface area (Å²) in [5.41, 5.74) is 1.12. The molecule has 0 aliphatic heterocycles. The van der Waals surface area contributed by atoms with Crippen LogP contribution in [0.5, 0.6) is 5.75 Å². The van der Waals surface area contributed by atoms with Crippen molar-refractivity contribution in [2.75, 3.05) is 11.9 Å². The van der Waals surface area contributed by atoms with Gasteiger partial charge in [0.25, 0.3) is 5.91 Å². The van der Waals surface area contributed by atoms with Gasteiger partial charge in [-0.15, -0.1) is 11.3 Å². The number of amides is 1. The van der Waals surface area contributed by atoms with Crippen LogP contribution in [0.4, 0.5) is 5.69 Å². The number of carbonyl (C=O) groups excluding carboxylic acids is 1. The summed E-state index contributed by atoms with van der Waals surface area (Å²) in [4.78, 5) is 12.0. The Morgan fingerprint density at radius 3 is 2.95 bits per heavy atom. The quantitative estimate of drug-likeness (QED) is 0.926. The van der Waals surface area contributed by atoms with E-state index < -0.39 is 0 Å². The van der Waals surface area contributed by atoms with Crippen molar-refractivity contribution in [1.82, 2.24) is 0 Å². The molecule has 19 heavy (non-hydrogen) atoms. The fraction of sp³-hybridized carbons (Fsp3) is 0.0769. The number of carbonyl (C=O) groups is 1. The van der Waals surface area contributed by atoms with E-state index in [1.165, 1.54) is 11.3 Å². The minimum atomic E-state index is -0.213. The molecule has 2 aromatic rings. The van der Waals surface area contributed by atoms with Gasteiger partial charge in [0.2, 0.25) is 0 Å². The molecule has 0 radical (unpaired) electrons. The van der Waals surface area contributed by atoms with Crippen LogP contribution in [0, 0.1) is 11.3 Å². The first kappa shape index (κ1) is 13.6. The van der Waals surface area contributed by atoms with E-state index in [-0.39, 0.29) is 12.5 Å². The molecule has 0 unspecified atom stereocenters. The van der Waals surface area contributed by atoms with Crippen molar-refractivity contribution in [2.45, 2.75) is 0 Å². The second kappa shape index (κ2) is 6.36. The fourth-order valence-electron chi connectivity index (χ4n) is 1.43. The molecule has 1 heterocycles. The van der Waals surface area contributed by atoms with Crippen LogP contribution in [0.2, 0.25) is 0 Å². The number of anilines is 1. The van der Waals surface area contributed by atoms with E-state index in [0.29, 0.717) is 17.0 Å². The monoisotopic (exact) mass is 336 g/mol. The Morgan fingerprint density at radius 2 is 2.26 bits per heavy atom. The van der Waals surface area contributed by atoms with Crippen LogP contribution in [0.3, 0.4) is 0 Å². The number of hydrogen-bond donors (Lipinski definition) is 1. The SMILES string of the molecule is N#CCOc1ccccc1NC(=O)c1csc(Br)c1. The number of ether oxygens (including phenoxy) is 1. The lowest BCUT2D eigenvalue weighted by atomic mass is 10.2. The van der Waals surface area contributed by atoms with Crippen molar-refractivity contribution in [3.8, 4) is 11.8 Å². The first-order valence-electron chi connectivity index (χ1n) is 5.35. The van der Waals surface area contributed by atoms with Crippen molar-refractivity contribution in [2.24, 2.45) is 0 Å². The van der Waals surface area contributed by atoms with E-state index in [0.717, 1.165) is 3.79 Å². The van der Waals surface area contributed by atoms with E-state index in [4.69, 9.17) is 10.00 Å². The number of nitrogens with zero attached hydrogens (tertiary/aromatic N) is 1. The second-order valence-electron chi connectivity index (χ2n) is 3.54. The lowest BCUT2D eigenvalue weighted by Crippen LogP contribution is -2.12. The molecule has 0 saturated heterocycles. The van der Waals surface area contributed by atoms with Crippen LogP contribution in [0.1, 0.15) is 10.4 Å². The minimum Gasteiger partial charge on any atom is -0.477 e. The molecule has 0 aliphatic rings. The van der Waals surface area contributed by atoms with E-state index in [1.54, 1.807) is 35.7 Å². The van der Waals surface area contributed by atoms with Gasteiger partial charge in [0.1, 0.15) is 11.8 Å². The molecule has 0 spiro atoms. The van der Waals surface area contributed by atoms with Gasteiger partial charge in [-0.2, -0.15) is 5.26 Å². The lowest BCUT2D eigenvalue weighted by molar-refractivity contribution is 0.102. The molecule has 1 N–H and O–H groups in total. The van der Waals surface area contributed by atoms with Gasteiger partial charge < -0.3 is 10.1 Å². The summed E-state index contributed by atoms with van der Waals surface area (Å²) in [5, 5.41) is 13.0. The summed E-state index contributed by atoms with van der Waals surface area (Å²) >= 11 is 4.76. The Labute approximate surface area is 122 Å². The van der Waals surface area contributed by atoms with Crippen LogP contribution < -0.4 is 10.1 Å². The van der Waals surface area contributed by atoms with E-state index in [9.17, 15) is 4.79 Å². The maximum atomic E-state index is 12.0. The van der Waals surface area contributed by atoms with Gasteiger partial charge in [0.05, 0.1) is 15.0 Å². The van der Waals surface area contributed by atoms with Crippen molar-refractivity contribution < 1.29 is 9.53 Å². The van der Waals surface area contributed by atoms with Crippen molar-refractivity contribution in [3.63, 3.8) is 0 Å². The van der Waals surface area contributed by atoms with Gasteiger partial charge in [-0.1, -0.05) is 12.1 Å². The summed E-state index contributed by atoms with van der Waals surface area (Å²) in [6.45, 7) is -0.0586. The highest BCUT2D eigenvalue weighted by Crippen LogP contribution is 2.26. The zero-order valence-corrected chi connectivity index (χ0v) is 12.1. The molecule has 2 rings (SSSR count). The maximum absolute atomic E-state index is 12.0. The second-order valence-corrected chi connectivity index (χ2v) is 5.83. The minimum absolute atomic E-state index is 0.0586. The molecule has 96 valence electrons. The number of nitriles is 1. The van der Waals surface area contributed by atoms with Crippen LogP contribution >= 0.6 is 27.3 Å². The summed E-state index contributed by atoms with van der Waals surface area (Å²) in [5.74, 6) is 0.265. The predicted octanol–water partition coefficient (Wildman–Crippen LogP) is 3.67. The molecule has 0 atom stereocenters. The van der Waals surface area contributed by atoms with Crippen LogP contribution in [-0.2, 0) is 0 Å². The van der Waals surface area contributed by atoms with Gasteiger partial charge in [-0.05, 0) is 34.1 Å². The average molecular weight is 337 g/mol. The fourth-order valence-corrected chi connectivity index (χ4v) is 2.57. The van der Waals surface area contributed by atoms with E-state index >= 15 is 0 Å². The van der Waals surface area contributed by atoms with Crippen molar-refractivity contribution in [3.05, 3.63) is 45.1 Å². The number of rotatable bonds is 4. The van der Waals surface area contributed by atoms with Gasteiger partial charge in [0.15, 0.2) is 6.61 Å². The zero-order valence-electron chi connectivity index (χ0n) is 9.72. The Morgan fingerprint density at radius 1 is 1.47 bits per heavy atom. The summed E-state index contributed by atoms with van der Waals surface area (Å²) < 4.78 is 6.14. The van der Waals surface area contributed by atoms with Crippen LogP contribution in [-0.4, -0.2) is 12.5 Å². The summed E-state index contributed by atoms with van der Waals surface area (Å²) in [7, 11) is 0.